The molecular weight excluding hydrogens is 358 g/mol. The van der Waals surface area contributed by atoms with Gasteiger partial charge in [0.25, 0.3) is 5.91 Å². The summed E-state index contributed by atoms with van der Waals surface area (Å²) in [7, 11) is 0. The van der Waals surface area contributed by atoms with Crippen LogP contribution < -0.4 is 5.32 Å². The zero-order valence-electron chi connectivity index (χ0n) is 15.9. The van der Waals surface area contributed by atoms with Crippen LogP contribution in [0, 0.1) is 11.8 Å². The number of aliphatic hydroxyl groups excluding tert-OH is 1. The lowest BCUT2D eigenvalue weighted by Crippen LogP contribution is -2.66. The minimum atomic E-state index is -0.261. The molecule has 3 heterocycles. The molecule has 0 saturated carbocycles. The Morgan fingerprint density at radius 3 is 2.64 bits per heavy atom. The van der Waals surface area contributed by atoms with Crippen molar-refractivity contribution < 1.29 is 19.5 Å². The van der Waals surface area contributed by atoms with Gasteiger partial charge < -0.3 is 20.2 Å². The second-order valence-electron chi connectivity index (χ2n) is 8.11. The standard InChI is InChI=1S/C21H27N3O4/c25-13-18-16-9-15(17-7-4-8-19(26)24(17)18)11-23(12-16)20(27)10-22-21(28)14-5-2-1-3-6-14/h1-3,5-6,15-18,25H,4,7-13H2,(H,22,28)/t15-,16+,17+,18+/m1/s1. The van der Waals surface area contributed by atoms with Gasteiger partial charge in [-0.1, -0.05) is 18.2 Å². The lowest BCUT2D eigenvalue weighted by atomic mass is 9.72. The molecular formula is C21H27N3O4. The van der Waals surface area contributed by atoms with E-state index in [2.05, 4.69) is 5.32 Å². The van der Waals surface area contributed by atoms with Crippen LogP contribution in [0.2, 0.25) is 0 Å². The van der Waals surface area contributed by atoms with Crippen LogP contribution in [0.3, 0.4) is 0 Å². The summed E-state index contributed by atoms with van der Waals surface area (Å²) in [6.45, 7) is 1.04. The Kier molecular flexibility index (Phi) is 5.35. The third kappa shape index (κ3) is 3.51. The number of aliphatic hydroxyl groups is 1. The molecule has 2 bridgehead atoms. The first kappa shape index (κ1) is 18.9. The van der Waals surface area contributed by atoms with E-state index in [1.165, 1.54) is 0 Å². The van der Waals surface area contributed by atoms with E-state index in [0.29, 0.717) is 25.1 Å². The zero-order valence-corrected chi connectivity index (χ0v) is 15.9. The van der Waals surface area contributed by atoms with Crippen molar-refractivity contribution in [2.24, 2.45) is 11.8 Å². The van der Waals surface area contributed by atoms with Crippen molar-refractivity contribution in [1.82, 2.24) is 15.1 Å². The molecule has 3 aliphatic heterocycles. The largest absolute Gasteiger partial charge is 0.394 e. The molecule has 3 aliphatic rings. The van der Waals surface area contributed by atoms with Crippen LogP contribution in [0.15, 0.2) is 30.3 Å². The SMILES string of the molecule is O=C(NCC(=O)N1C[C@H]2C[C@@H](C1)[C@H](CO)N1C(=O)CCC[C@@H]21)c1ccccc1. The second-order valence-corrected chi connectivity index (χ2v) is 8.11. The minimum Gasteiger partial charge on any atom is -0.394 e. The number of hydrogen-bond donors (Lipinski definition) is 2. The highest BCUT2D eigenvalue weighted by Gasteiger charge is 2.49. The summed E-state index contributed by atoms with van der Waals surface area (Å²) in [6, 6.07) is 8.75. The van der Waals surface area contributed by atoms with Crippen LogP contribution in [-0.2, 0) is 9.59 Å². The number of fused-ring (bicyclic) bond motifs is 4. The summed E-state index contributed by atoms with van der Waals surface area (Å²) in [5, 5.41) is 12.6. The van der Waals surface area contributed by atoms with E-state index in [1.54, 1.807) is 24.3 Å². The quantitative estimate of drug-likeness (QED) is 0.796. The number of carbonyl (C=O) groups excluding carboxylic acids is 3. The van der Waals surface area contributed by atoms with E-state index in [4.69, 9.17) is 0 Å². The lowest BCUT2D eigenvalue weighted by Gasteiger charge is -2.56. The fraction of sp³-hybridized carbons (Fsp3) is 0.571. The summed E-state index contributed by atoms with van der Waals surface area (Å²) >= 11 is 0. The van der Waals surface area contributed by atoms with E-state index >= 15 is 0 Å². The van der Waals surface area contributed by atoms with Crippen molar-refractivity contribution in [2.75, 3.05) is 26.2 Å². The fourth-order valence-corrected chi connectivity index (χ4v) is 5.17. The lowest BCUT2D eigenvalue weighted by molar-refractivity contribution is -0.158. The Morgan fingerprint density at radius 1 is 1.14 bits per heavy atom. The molecule has 0 aromatic heterocycles. The molecule has 7 heteroatoms. The Balaban J connectivity index is 1.41. The summed E-state index contributed by atoms with van der Waals surface area (Å²) in [5.41, 5.74) is 0.530. The van der Waals surface area contributed by atoms with Gasteiger partial charge in [-0.3, -0.25) is 14.4 Å². The predicted octanol–water partition coefficient (Wildman–Crippen LogP) is 0.637. The highest BCUT2D eigenvalue weighted by Crippen LogP contribution is 2.41. The molecule has 0 unspecified atom stereocenters. The van der Waals surface area contributed by atoms with E-state index in [9.17, 15) is 19.5 Å². The maximum Gasteiger partial charge on any atom is 0.251 e. The first-order valence-electron chi connectivity index (χ1n) is 10.1. The molecule has 4 atom stereocenters. The minimum absolute atomic E-state index is 0.0374. The molecule has 1 aromatic carbocycles. The molecule has 3 saturated heterocycles. The molecule has 0 spiro atoms. The molecule has 7 nitrogen and oxygen atoms in total. The highest BCUT2D eigenvalue weighted by molar-refractivity contribution is 5.96. The smallest absolute Gasteiger partial charge is 0.251 e. The van der Waals surface area contributed by atoms with E-state index in [-0.39, 0.29) is 54.8 Å². The van der Waals surface area contributed by atoms with Gasteiger partial charge in [-0.2, -0.15) is 0 Å². The number of nitrogens with one attached hydrogen (secondary N) is 1. The normalized spacial score (nSPS) is 29.2. The average Bonchev–Trinajstić information content (AvgIpc) is 2.73. The first-order valence-corrected chi connectivity index (χ1v) is 10.1. The van der Waals surface area contributed by atoms with Crippen LogP contribution in [0.5, 0.6) is 0 Å². The van der Waals surface area contributed by atoms with Gasteiger partial charge in [-0.15, -0.1) is 0 Å². The molecule has 28 heavy (non-hydrogen) atoms. The molecule has 150 valence electrons. The van der Waals surface area contributed by atoms with Gasteiger partial charge in [0.2, 0.25) is 11.8 Å². The van der Waals surface area contributed by atoms with Gasteiger partial charge in [0, 0.05) is 31.1 Å². The van der Waals surface area contributed by atoms with Crippen LogP contribution in [0.1, 0.15) is 36.0 Å². The summed E-state index contributed by atoms with van der Waals surface area (Å²) < 4.78 is 0. The van der Waals surface area contributed by atoms with Crippen LogP contribution in [0.25, 0.3) is 0 Å². The van der Waals surface area contributed by atoms with Crippen LogP contribution >= 0.6 is 0 Å². The van der Waals surface area contributed by atoms with E-state index < -0.39 is 0 Å². The van der Waals surface area contributed by atoms with Gasteiger partial charge in [-0.25, -0.2) is 0 Å². The highest BCUT2D eigenvalue weighted by atomic mass is 16.3. The molecule has 3 fully saturated rings. The van der Waals surface area contributed by atoms with E-state index in [1.807, 2.05) is 15.9 Å². The maximum atomic E-state index is 12.8. The third-order valence-electron chi connectivity index (χ3n) is 6.47. The first-order chi connectivity index (χ1) is 13.6. The molecule has 3 amide bonds. The van der Waals surface area contributed by atoms with Crippen LogP contribution in [-0.4, -0.2) is 71.0 Å². The van der Waals surface area contributed by atoms with Gasteiger partial charge >= 0.3 is 0 Å². The molecule has 0 radical (unpaired) electrons. The number of piperidine rings is 3. The zero-order chi connectivity index (χ0) is 19.7. The Morgan fingerprint density at radius 2 is 1.89 bits per heavy atom. The number of carbonyl (C=O) groups is 3. The summed E-state index contributed by atoms with van der Waals surface area (Å²) in [5.74, 6) is 0.116. The van der Waals surface area contributed by atoms with Crippen molar-refractivity contribution in [2.45, 2.75) is 37.8 Å². The Bertz CT molecular complexity index is 739. The van der Waals surface area contributed by atoms with Gasteiger partial charge in [0.1, 0.15) is 0 Å². The second kappa shape index (κ2) is 7.91. The Hall–Kier alpha value is -2.41. The third-order valence-corrected chi connectivity index (χ3v) is 6.47. The maximum absolute atomic E-state index is 12.8. The summed E-state index contributed by atoms with van der Waals surface area (Å²) in [6.07, 6.45) is 3.31. The van der Waals surface area contributed by atoms with Gasteiger partial charge in [0.05, 0.1) is 19.2 Å². The van der Waals surface area contributed by atoms with Crippen molar-refractivity contribution in [3.8, 4) is 0 Å². The van der Waals surface area contributed by atoms with Crippen molar-refractivity contribution in [3.05, 3.63) is 35.9 Å². The van der Waals surface area contributed by atoms with Crippen molar-refractivity contribution in [1.29, 1.82) is 0 Å². The van der Waals surface area contributed by atoms with Gasteiger partial charge in [0.15, 0.2) is 0 Å². The van der Waals surface area contributed by atoms with E-state index in [0.717, 1.165) is 19.3 Å². The summed E-state index contributed by atoms with van der Waals surface area (Å²) in [4.78, 5) is 41.1. The molecule has 1 aromatic rings. The average molecular weight is 385 g/mol. The number of hydrogen-bond acceptors (Lipinski definition) is 4. The number of nitrogens with zero attached hydrogens (tertiary/aromatic N) is 2. The van der Waals surface area contributed by atoms with Crippen molar-refractivity contribution in [3.63, 3.8) is 0 Å². The number of likely N-dealkylation sites (tertiary alicyclic amines) is 1. The molecule has 4 rings (SSSR count). The molecule has 2 N–H and O–H groups in total. The fourth-order valence-electron chi connectivity index (χ4n) is 5.17. The van der Waals surface area contributed by atoms with Crippen LogP contribution in [0.4, 0.5) is 0 Å². The topological polar surface area (TPSA) is 89.9 Å². The van der Waals surface area contributed by atoms with Gasteiger partial charge in [-0.05, 0) is 43.2 Å². The Labute approximate surface area is 164 Å². The number of amides is 3. The monoisotopic (exact) mass is 385 g/mol. The molecule has 0 aliphatic carbocycles. The number of benzene rings is 1. The predicted molar refractivity (Wildman–Crippen MR) is 102 cm³/mol. The van der Waals surface area contributed by atoms with Crippen molar-refractivity contribution >= 4 is 17.7 Å². The number of rotatable bonds is 4.